The maximum Gasteiger partial charge on any atom is 0.220 e. The summed E-state index contributed by atoms with van der Waals surface area (Å²) in [6.45, 7) is 0.893. The van der Waals surface area contributed by atoms with E-state index in [0.717, 1.165) is 51.7 Å². The number of ether oxygens (including phenoxy) is 3. The highest BCUT2D eigenvalue weighted by Crippen LogP contribution is 2.28. The Balaban J connectivity index is 0.00000196. The highest BCUT2D eigenvalue weighted by Gasteiger charge is 2.31. The van der Waals surface area contributed by atoms with Crippen molar-refractivity contribution in [2.75, 3.05) is 27.9 Å². The number of fused-ring (bicyclic) bond motifs is 3. The molecule has 0 fully saturated rings. The summed E-state index contributed by atoms with van der Waals surface area (Å²) in [4.78, 5) is 13.3. The largest absolute Gasteiger partial charge is 0.493 e. The number of allylic oxidation sites excluding steroid dienone is 4. The van der Waals surface area contributed by atoms with Gasteiger partial charge in [-0.1, -0.05) is 0 Å². The summed E-state index contributed by atoms with van der Waals surface area (Å²) in [5.41, 5.74) is 3.31. The van der Waals surface area contributed by atoms with Crippen molar-refractivity contribution in [3.63, 3.8) is 0 Å². The van der Waals surface area contributed by atoms with E-state index in [1.807, 2.05) is 18.2 Å². The molecular weight excluding hydrogens is 354 g/mol. The quantitative estimate of drug-likeness (QED) is 0.823. The SMILES string of the molecule is COC1=CC2=C3C=c4ccc(OC)c(OC)c4=C[NH+]3CCC2=CC1=O.Cl. The zero-order chi connectivity index (χ0) is 17.6. The van der Waals surface area contributed by atoms with Gasteiger partial charge in [0.15, 0.2) is 17.3 Å². The van der Waals surface area contributed by atoms with Crippen LogP contribution in [0.25, 0.3) is 12.3 Å². The van der Waals surface area contributed by atoms with Gasteiger partial charge in [-0.25, -0.2) is 0 Å². The summed E-state index contributed by atoms with van der Waals surface area (Å²) in [5, 5.41) is 2.12. The molecule has 4 rings (SSSR count). The molecule has 1 aliphatic carbocycles. The molecule has 0 saturated heterocycles. The number of carbonyl (C=O) groups is 1. The Morgan fingerprint density at radius 1 is 1.00 bits per heavy atom. The Labute approximate surface area is 157 Å². The lowest BCUT2D eigenvalue weighted by Crippen LogP contribution is -3.07. The zero-order valence-electron chi connectivity index (χ0n) is 14.9. The number of benzene rings is 1. The van der Waals surface area contributed by atoms with E-state index in [0.29, 0.717) is 5.76 Å². The minimum Gasteiger partial charge on any atom is -0.493 e. The van der Waals surface area contributed by atoms with Crippen LogP contribution in [0.15, 0.2) is 46.9 Å². The second-order valence-electron chi connectivity index (χ2n) is 6.19. The lowest BCUT2D eigenvalue weighted by atomic mass is 9.89. The van der Waals surface area contributed by atoms with Crippen LogP contribution >= 0.6 is 12.4 Å². The molecule has 0 aromatic heterocycles. The van der Waals surface area contributed by atoms with Gasteiger partial charge in [-0.3, -0.25) is 9.69 Å². The third-order valence-corrected chi connectivity index (χ3v) is 4.93. The third kappa shape index (κ3) is 2.73. The molecule has 0 radical (unpaired) electrons. The first kappa shape index (κ1) is 18.3. The monoisotopic (exact) mass is 374 g/mol. The van der Waals surface area contributed by atoms with Gasteiger partial charge in [-0.15, -0.1) is 12.4 Å². The van der Waals surface area contributed by atoms with Crippen LogP contribution < -0.4 is 24.8 Å². The van der Waals surface area contributed by atoms with Gasteiger partial charge in [0.05, 0.1) is 33.1 Å². The summed E-state index contributed by atoms with van der Waals surface area (Å²) in [7, 11) is 4.84. The number of ketones is 1. The Bertz CT molecular complexity index is 988. The zero-order valence-corrected chi connectivity index (χ0v) is 15.7. The Kier molecular flexibility index (Phi) is 4.94. The van der Waals surface area contributed by atoms with Gasteiger partial charge in [-0.05, 0) is 35.1 Å². The maximum absolute atomic E-state index is 12.0. The minimum absolute atomic E-state index is 0. The number of rotatable bonds is 3. The summed E-state index contributed by atoms with van der Waals surface area (Å²) in [6, 6.07) is 3.95. The molecule has 26 heavy (non-hydrogen) atoms. The van der Waals surface area contributed by atoms with Gasteiger partial charge in [0, 0.05) is 18.1 Å². The molecule has 1 atom stereocenters. The van der Waals surface area contributed by atoms with E-state index in [-0.39, 0.29) is 18.2 Å². The van der Waals surface area contributed by atoms with Crippen LogP contribution in [0, 0.1) is 0 Å². The second-order valence-corrected chi connectivity index (χ2v) is 6.19. The van der Waals surface area contributed by atoms with Crippen LogP contribution in [0.3, 0.4) is 0 Å². The predicted molar refractivity (Wildman–Crippen MR) is 101 cm³/mol. The highest BCUT2D eigenvalue weighted by atomic mass is 35.5. The predicted octanol–water partition coefficient (Wildman–Crippen LogP) is 0.240. The third-order valence-electron chi connectivity index (χ3n) is 4.93. The minimum atomic E-state index is -0.0584. The normalized spacial score (nSPS) is 20.1. The van der Waals surface area contributed by atoms with E-state index in [9.17, 15) is 4.79 Å². The maximum atomic E-state index is 12.0. The van der Waals surface area contributed by atoms with Crippen LogP contribution in [0.4, 0.5) is 0 Å². The average Bonchev–Trinajstić information content (AvgIpc) is 2.64. The van der Waals surface area contributed by atoms with Crippen LogP contribution in [0.1, 0.15) is 6.42 Å². The number of hydrogen-bond donors (Lipinski definition) is 1. The van der Waals surface area contributed by atoms with Crippen LogP contribution in [0.5, 0.6) is 11.5 Å². The van der Waals surface area contributed by atoms with Crippen molar-refractivity contribution in [1.82, 2.24) is 0 Å². The Morgan fingerprint density at radius 3 is 2.50 bits per heavy atom. The molecule has 6 heteroatoms. The molecule has 3 aliphatic rings. The topological polar surface area (TPSA) is 49.2 Å². The van der Waals surface area contributed by atoms with Crippen LogP contribution in [-0.2, 0) is 9.53 Å². The first-order chi connectivity index (χ1) is 12.2. The summed E-state index contributed by atoms with van der Waals surface area (Å²) in [5.74, 6) is 1.81. The van der Waals surface area contributed by atoms with Gasteiger partial charge < -0.3 is 14.2 Å². The molecule has 1 N–H and O–H groups in total. The van der Waals surface area contributed by atoms with E-state index in [4.69, 9.17) is 14.2 Å². The fourth-order valence-corrected chi connectivity index (χ4v) is 3.69. The fraction of sp³-hybridized carbons (Fsp3) is 0.250. The van der Waals surface area contributed by atoms with Crippen molar-refractivity contribution in [1.29, 1.82) is 0 Å². The Hall–Kier alpha value is -2.50. The van der Waals surface area contributed by atoms with Gasteiger partial charge in [-0.2, -0.15) is 0 Å². The summed E-state index contributed by atoms with van der Waals surface area (Å²) < 4.78 is 16.2. The first-order valence-electron chi connectivity index (χ1n) is 8.22. The number of carbonyl (C=O) groups excluding carboxylic acids is 1. The fourth-order valence-electron chi connectivity index (χ4n) is 3.69. The highest BCUT2D eigenvalue weighted by molar-refractivity contribution is 6.05. The van der Waals surface area contributed by atoms with Crippen molar-refractivity contribution in [2.24, 2.45) is 0 Å². The smallest absolute Gasteiger partial charge is 0.220 e. The molecule has 136 valence electrons. The van der Waals surface area contributed by atoms with E-state index >= 15 is 0 Å². The molecule has 2 aliphatic heterocycles. The van der Waals surface area contributed by atoms with Crippen LogP contribution in [-0.4, -0.2) is 33.7 Å². The number of methoxy groups -OCH3 is 3. The first-order valence-corrected chi connectivity index (χ1v) is 8.22. The average molecular weight is 375 g/mol. The van der Waals surface area contributed by atoms with E-state index in [1.54, 1.807) is 20.3 Å². The van der Waals surface area contributed by atoms with E-state index in [1.165, 1.54) is 12.0 Å². The number of nitrogens with one attached hydrogen (secondary N) is 1. The summed E-state index contributed by atoms with van der Waals surface area (Å²) in [6.07, 6.45) is 8.75. The number of quaternary nitrogens is 1. The van der Waals surface area contributed by atoms with Crippen molar-refractivity contribution in [3.8, 4) is 11.5 Å². The molecule has 1 aromatic rings. The molecule has 0 amide bonds. The van der Waals surface area contributed by atoms with E-state index < -0.39 is 0 Å². The van der Waals surface area contributed by atoms with Gasteiger partial charge >= 0.3 is 0 Å². The van der Waals surface area contributed by atoms with Gasteiger partial charge in [0.25, 0.3) is 0 Å². The lowest BCUT2D eigenvalue weighted by Gasteiger charge is -2.28. The van der Waals surface area contributed by atoms with Crippen molar-refractivity contribution in [3.05, 3.63) is 57.3 Å². The standard InChI is InChI=1S/C20H19NO4.ClH/c1-23-18-5-4-12-8-16-14-10-19(24-2)17(22)9-13(14)6-7-21(16)11-15(12)20(18)25-3;/h4-5,8-11H,6-7H2,1-3H3;1H/p+1. The van der Waals surface area contributed by atoms with Gasteiger partial charge in [0.2, 0.25) is 5.78 Å². The molecule has 5 nitrogen and oxygen atoms in total. The van der Waals surface area contributed by atoms with Crippen molar-refractivity contribution >= 4 is 30.5 Å². The lowest BCUT2D eigenvalue weighted by molar-refractivity contribution is -0.771. The number of hydrogen-bond acceptors (Lipinski definition) is 4. The molecule has 0 spiro atoms. The second kappa shape index (κ2) is 7.02. The van der Waals surface area contributed by atoms with Gasteiger partial charge in [0.1, 0.15) is 11.9 Å². The molecule has 0 bridgehead atoms. The van der Waals surface area contributed by atoms with E-state index in [2.05, 4.69) is 12.3 Å². The van der Waals surface area contributed by atoms with Crippen molar-refractivity contribution in [2.45, 2.75) is 6.42 Å². The molecular formula is C20H21ClNO4+. The molecule has 2 heterocycles. The van der Waals surface area contributed by atoms with Crippen LogP contribution in [0.2, 0.25) is 0 Å². The number of halogens is 1. The molecule has 0 saturated carbocycles. The summed E-state index contributed by atoms with van der Waals surface area (Å²) >= 11 is 0. The molecule has 1 aromatic carbocycles. The Morgan fingerprint density at radius 2 is 1.81 bits per heavy atom. The molecule has 1 unspecified atom stereocenters. The van der Waals surface area contributed by atoms with Crippen molar-refractivity contribution < 1.29 is 23.9 Å².